The molecule has 0 spiro atoms. The van der Waals surface area contributed by atoms with Gasteiger partial charge in [-0.15, -0.1) is 0 Å². The molecule has 0 radical (unpaired) electrons. The van der Waals surface area contributed by atoms with Crippen LogP contribution in [0.3, 0.4) is 0 Å². The van der Waals surface area contributed by atoms with Gasteiger partial charge in [0.15, 0.2) is 0 Å². The predicted molar refractivity (Wildman–Crippen MR) is 102 cm³/mol. The first kappa shape index (κ1) is 17.4. The van der Waals surface area contributed by atoms with Crippen molar-refractivity contribution in [2.24, 2.45) is 0 Å². The average molecular weight is 365 g/mol. The Morgan fingerprint density at radius 2 is 1.74 bits per heavy atom. The number of carbonyl (C=O) groups excluding carboxylic acids is 1. The van der Waals surface area contributed by atoms with Crippen molar-refractivity contribution in [1.29, 1.82) is 0 Å². The first-order valence-corrected chi connectivity index (χ1v) is 8.98. The van der Waals surface area contributed by atoms with Crippen molar-refractivity contribution in [3.8, 4) is 0 Å². The molecular weight excluding hydrogens is 345 g/mol. The lowest BCUT2D eigenvalue weighted by molar-refractivity contribution is 0.0630. The van der Waals surface area contributed by atoms with Crippen LogP contribution in [0, 0.1) is 5.82 Å². The monoisotopic (exact) mass is 365 g/mol. The number of carbonyl (C=O) groups is 1. The Bertz CT molecular complexity index is 1040. The molecule has 1 aliphatic heterocycles. The van der Waals surface area contributed by atoms with Gasteiger partial charge in [0, 0.05) is 49.7 Å². The topological polar surface area (TPSA) is 56.4 Å². The molecule has 1 aliphatic rings. The number of aromatic nitrogens is 1. The average Bonchev–Trinajstić information content (AvgIpc) is 2.69. The van der Waals surface area contributed by atoms with Gasteiger partial charge in [0.05, 0.1) is 5.56 Å². The van der Waals surface area contributed by atoms with Crippen LogP contribution in [-0.4, -0.2) is 46.9 Å². The number of rotatable bonds is 3. The lowest BCUT2D eigenvalue weighted by Crippen LogP contribution is -2.48. The van der Waals surface area contributed by atoms with E-state index >= 15 is 0 Å². The van der Waals surface area contributed by atoms with Crippen LogP contribution in [0.25, 0.3) is 10.8 Å². The van der Waals surface area contributed by atoms with Gasteiger partial charge >= 0.3 is 0 Å². The normalized spacial score (nSPS) is 15.2. The van der Waals surface area contributed by atoms with Crippen LogP contribution in [-0.2, 0) is 6.54 Å². The lowest BCUT2D eigenvalue weighted by Gasteiger charge is -2.35. The van der Waals surface area contributed by atoms with Gasteiger partial charge in [-0.25, -0.2) is 4.39 Å². The van der Waals surface area contributed by atoms with Crippen molar-refractivity contribution in [2.45, 2.75) is 6.54 Å². The van der Waals surface area contributed by atoms with Gasteiger partial charge in [0.1, 0.15) is 5.82 Å². The van der Waals surface area contributed by atoms with Crippen LogP contribution in [0.5, 0.6) is 0 Å². The summed E-state index contributed by atoms with van der Waals surface area (Å²) in [7, 11) is 0. The molecule has 1 saturated heterocycles. The number of hydrogen-bond acceptors (Lipinski definition) is 3. The van der Waals surface area contributed by atoms with Crippen LogP contribution in [0.1, 0.15) is 15.9 Å². The zero-order valence-electron chi connectivity index (χ0n) is 14.8. The number of fused-ring (bicyclic) bond motifs is 1. The van der Waals surface area contributed by atoms with E-state index in [0.717, 1.165) is 18.7 Å². The van der Waals surface area contributed by atoms with Gasteiger partial charge in [0.25, 0.3) is 11.5 Å². The number of H-pyrrole nitrogens is 1. The number of piperazine rings is 1. The van der Waals surface area contributed by atoms with Gasteiger partial charge in [-0.3, -0.25) is 14.5 Å². The SMILES string of the molecule is O=C(c1c[nH]c(=O)c2ccccc12)N1CCN(Cc2cccc(F)c2)CC1. The second-order valence-corrected chi connectivity index (χ2v) is 6.78. The number of amides is 1. The summed E-state index contributed by atoms with van der Waals surface area (Å²) < 4.78 is 13.3. The highest BCUT2D eigenvalue weighted by molar-refractivity contribution is 6.06. The largest absolute Gasteiger partial charge is 0.336 e. The fraction of sp³-hybridized carbons (Fsp3) is 0.238. The molecule has 0 unspecified atom stereocenters. The Kier molecular flexibility index (Phi) is 4.73. The molecule has 0 atom stereocenters. The van der Waals surface area contributed by atoms with Crippen LogP contribution in [0.15, 0.2) is 59.5 Å². The number of benzene rings is 2. The van der Waals surface area contributed by atoms with Crippen LogP contribution in [0.2, 0.25) is 0 Å². The molecule has 5 nitrogen and oxygen atoms in total. The van der Waals surface area contributed by atoms with E-state index in [1.807, 2.05) is 17.0 Å². The van der Waals surface area contributed by atoms with E-state index in [9.17, 15) is 14.0 Å². The van der Waals surface area contributed by atoms with Crippen molar-refractivity contribution in [3.63, 3.8) is 0 Å². The molecule has 1 amide bonds. The smallest absolute Gasteiger partial charge is 0.256 e. The Hall–Kier alpha value is -2.99. The third kappa shape index (κ3) is 3.61. The zero-order chi connectivity index (χ0) is 18.8. The summed E-state index contributed by atoms with van der Waals surface area (Å²) in [6, 6.07) is 13.8. The number of aromatic amines is 1. The molecule has 1 aromatic heterocycles. The van der Waals surface area contributed by atoms with E-state index in [1.165, 1.54) is 12.3 Å². The highest BCUT2D eigenvalue weighted by atomic mass is 19.1. The van der Waals surface area contributed by atoms with Crippen molar-refractivity contribution in [2.75, 3.05) is 26.2 Å². The minimum Gasteiger partial charge on any atom is -0.336 e. The van der Waals surface area contributed by atoms with Crippen LogP contribution >= 0.6 is 0 Å². The van der Waals surface area contributed by atoms with Crippen molar-refractivity contribution in [1.82, 2.24) is 14.8 Å². The molecule has 0 saturated carbocycles. The van der Waals surface area contributed by atoms with Gasteiger partial charge < -0.3 is 9.88 Å². The molecule has 27 heavy (non-hydrogen) atoms. The molecular formula is C21H20FN3O2. The summed E-state index contributed by atoms with van der Waals surface area (Å²) >= 11 is 0. The highest BCUT2D eigenvalue weighted by Gasteiger charge is 2.24. The molecule has 2 aromatic carbocycles. The lowest BCUT2D eigenvalue weighted by atomic mass is 10.1. The maximum atomic E-state index is 13.3. The molecule has 138 valence electrons. The third-order valence-corrected chi connectivity index (χ3v) is 4.99. The van der Waals surface area contributed by atoms with Gasteiger partial charge in [-0.1, -0.05) is 30.3 Å². The quantitative estimate of drug-likeness (QED) is 0.776. The van der Waals surface area contributed by atoms with Gasteiger partial charge in [-0.05, 0) is 23.8 Å². The summed E-state index contributed by atoms with van der Waals surface area (Å²) in [6.07, 6.45) is 1.51. The third-order valence-electron chi connectivity index (χ3n) is 4.99. The zero-order valence-corrected chi connectivity index (χ0v) is 14.8. The van der Waals surface area contributed by atoms with Crippen LogP contribution in [0.4, 0.5) is 4.39 Å². The van der Waals surface area contributed by atoms with E-state index in [2.05, 4.69) is 9.88 Å². The second kappa shape index (κ2) is 7.32. The molecule has 0 aliphatic carbocycles. The van der Waals surface area contributed by atoms with Crippen molar-refractivity contribution >= 4 is 16.7 Å². The molecule has 4 rings (SSSR count). The summed E-state index contributed by atoms with van der Waals surface area (Å²) in [4.78, 5) is 31.6. The Labute approximate surface area is 156 Å². The maximum absolute atomic E-state index is 13.3. The summed E-state index contributed by atoms with van der Waals surface area (Å²) in [5.41, 5.74) is 1.26. The second-order valence-electron chi connectivity index (χ2n) is 6.78. The summed E-state index contributed by atoms with van der Waals surface area (Å²) in [5, 5.41) is 1.20. The van der Waals surface area contributed by atoms with Crippen molar-refractivity contribution in [3.05, 3.63) is 82.0 Å². The molecule has 2 heterocycles. The van der Waals surface area contributed by atoms with Gasteiger partial charge in [-0.2, -0.15) is 0 Å². The molecule has 1 fully saturated rings. The van der Waals surface area contributed by atoms with Gasteiger partial charge in [0.2, 0.25) is 0 Å². The van der Waals surface area contributed by atoms with E-state index in [-0.39, 0.29) is 17.3 Å². The molecule has 0 bridgehead atoms. The van der Waals surface area contributed by atoms with E-state index in [1.54, 1.807) is 30.3 Å². The molecule has 1 N–H and O–H groups in total. The number of pyridine rings is 1. The summed E-state index contributed by atoms with van der Waals surface area (Å²) in [5.74, 6) is -0.306. The number of nitrogens with zero attached hydrogens (tertiary/aromatic N) is 2. The minimum atomic E-state index is -0.230. The van der Waals surface area contributed by atoms with Crippen LogP contribution < -0.4 is 5.56 Å². The standard InChI is InChI=1S/C21H20FN3O2/c22-16-5-3-4-15(12-16)14-24-8-10-25(11-9-24)21(27)19-13-23-20(26)18-7-2-1-6-17(18)19/h1-7,12-13H,8-11,14H2,(H,23,26). The summed E-state index contributed by atoms with van der Waals surface area (Å²) in [6.45, 7) is 3.32. The van der Waals surface area contributed by atoms with E-state index in [4.69, 9.17) is 0 Å². The molecule has 6 heteroatoms. The van der Waals surface area contributed by atoms with Crippen molar-refractivity contribution < 1.29 is 9.18 Å². The number of halogens is 1. The highest BCUT2D eigenvalue weighted by Crippen LogP contribution is 2.18. The van der Waals surface area contributed by atoms with E-state index in [0.29, 0.717) is 36.0 Å². The first-order valence-electron chi connectivity index (χ1n) is 8.98. The first-order chi connectivity index (χ1) is 13.1. The Balaban J connectivity index is 1.46. The predicted octanol–water partition coefficient (Wildman–Crippen LogP) is 2.63. The fourth-order valence-electron chi connectivity index (χ4n) is 3.56. The Morgan fingerprint density at radius 1 is 1.00 bits per heavy atom. The maximum Gasteiger partial charge on any atom is 0.256 e. The van der Waals surface area contributed by atoms with E-state index < -0.39 is 0 Å². The minimum absolute atomic E-state index is 0.0761. The number of hydrogen-bond donors (Lipinski definition) is 1. The number of nitrogens with one attached hydrogen (secondary N) is 1. The fourth-order valence-corrected chi connectivity index (χ4v) is 3.56. The molecule has 3 aromatic rings. The Morgan fingerprint density at radius 3 is 2.48 bits per heavy atom.